The smallest absolute Gasteiger partial charge is 0.203 e. The first kappa shape index (κ1) is 21.7. The molecule has 3 aromatic carbocycles. The molecule has 0 atom stereocenters. The van der Waals surface area contributed by atoms with Crippen molar-refractivity contribution in [1.29, 1.82) is 0 Å². The van der Waals surface area contributed by atoms with Crippen LogP contribution in [-0.2, 0) is 6.54 Å². The summed E-state index contributed by atoms with van der Waals surface area (Å²) in [6.45, 7) is 0.553. The molecule has 0 unspecified atom stereocenters. The normalized spacial score (nSPS) is 10.6. The van der Waals surface area contributed by atoms with Gasteiger partial charge in [-0.25, -0.2) is 10.4 Å². The van der Waals surface area contributed by atoms with Crippen molar-refractivity contribution in [3.8, 4) is 39.6 Å². The Morgan fingerprint density at radius 1 is 0.781 bits per heavy atom. The Labute approximate surface area is 191 Å². The highest BCUT2D eigenvalue weighted by Crippen LogP contribution is 2.38. The molecule has 0 radical (unpaired) electrons. The molecule has 0 aliphatic carbocycles. The van der Waals surface area contributed by atoms with Gasteiger partial charge in [-0.2, -0.15) is 0 Å². The van der Waals surface area contributed by atoms with Gasteiger partial charge in [0.1, 0.15) is 0 Å². The highest BCUT2D eigenvalue weighted by Gasteiger charge is 2.13. The lowest BCUT2D eigenvalue weighted by atomic mass is 10.0. The van der Waals surface area contributed by atoms with Crippen molar-refractivity contribution in [2.24, 2.45) is 0 Å². The third kappa shape index (κ3) is 4.85. The average Bonchev–Trinajstić information content (AvgIpc) is 3.33. The molecule has 0 bridgehead atoms. The Hall–Kier alpha value is -3.55. The van der Waals surface area contributed by atoms with Gasteiger partial charge in [-0.15, -0.1) is 11.3 Å². The summed E-state index contributed by atoms with van der Waals surface area (Å²) < 4.78 is 16.2. The van der Waals surface area contributed by atoms with Crippen LogP contribution in [-0.4, -0.2) is 26.3 Å². The van der Waals surface area contributed by atoms with Gasteiger partial charge in [0.05, 0.1) is 27.0 Å². The number of methoxy groups -OCH3 is 3. The van der Waals surface area contributed by atoms with Gasteiger partial charge in [-0.3, -0.25) is 5.43 Å². The molecule has 0 amide bonds. The largest absolute Gasteiger partial charge is 0.493 e. The number of aromatic nitrogens is 1. The first-order valence-corrected chi connectivity index (χ1v) is 11.0. The van der Waals surface area contributed by atoms with Crippen LogP contribution in [0.3, 0.4) is 0 Å². The number of ether oxygens (including phenoxy) is 3. The van der Waals surface area contributed by atoms with E-state index in [4.69, 9.17) is 14.2 Å². The molecule has 0 fully saturated rings. The highest BCUT2D eigenvalue weighted by molar-refractivity contribution is 7.14. The molecule has 0 aliphatic heterocycles. The van der Waals surface area contributed by atoms with Crippen LogP contribution in [0, 0.1) is 0 Å². The minimum absolute atomic E-state index is 0.553. The van der Waals surface area contributed by atoms with Crippen LogP contribution in [0.2, 0.25) is 0 Å². The SMILES string of the molecule is COc1cc(CNNc2nc(-c3ccc(-c4ccccc4)cc3)cs2)cc(OC)c1OC. The van der Waals surface area contributed by atoms with Gasteiger partial charge in [0, 0.05) is 17.5 Å². The van der Waals surface area contributed by atoms with Crippen molar-refractivity contribution in [3.63, 3.8) is 0 Å². The summed E-state index contributed by atoms with van der Waals surface area (Å²) in [5.41, 5.74) is 11.8. The van der Waals surface area contributed by atoms with Gasteiger partial charge in [-0.1, -0.05) is 54.6 Å². The zero-order chi connectivity index (χ0) is 22.3. The third-order valence-corrected chi connectivity index (χ3v) is 5.76. The van der Waals surface area contributed by atoms with Crippen molar-refractivity contribution in [2.45, 2.75) is 6.54 Å². The third-order valence-electron chi connectivity index (χ3n) is 5.00. The Morgan fingerprint density at radius 2 is 1.41 bits per heavy atom. The van der Waals surface area contributed by atoms with Gasteiger partial charge in [0.25, 0.3) is 0 Å². The van der Waals surface area contributed by atoms with Gasteiger partial charge in [0.2, 0.25) is 5.75 Å². The van der Waals surface area contributed by atoms with E-state index < -0.39 is 0 Å². The topological polar surface area (TPSA) is 64.6 Å². The van der Waals surface area contributed by atoms with Crippen molar-refractivity contribution >= 4 is 16.5 Å². The number of nitrogens with one attached hydrogen (secondary N) is 2. The average molecular weight is 448 g/mol. The number of thiazole rings is 1. The summed E-state index contributed by atoms with van der Waals surface area (Å²) in [7, 11) is 4.81. The predicted molar refractivity (Wildman–Crippen MR) is 130 cm³/mol. The standard InChI is InChI=1S/C25H25N3O3S/c1-29-22-13-17(14-23(30-2)24(22)31-3)15-26-28-25-27-21(16-32-25)20-11-9-19(10-12-20)18-7-5-4-6-8-18/h4-14,16,26H,15H2,1-3H3,(H,27,28). The maximum absolute atomic E-state index is 5.41. The summed E-state index contributed by atoms with van der Waals surface area (Å²) in [5.74, 6) is 1.83. The second-order valence-corrected chi connectivity index (χ2v) is 7.85. The number of nitrogens with zero attached hydrogens (tertiary/aromatic N) is 1. The molecule has 1 heterocycles. The maximum atomic E-state index is 5.41. The Balaban J connectivity index is 1.39. The first-order valence-electron chi connectivity index (χ1n) is 10.1. The fraction of sp³-hybridized carbons (Fsp3) is 0.160. The van der Waals surface area contributed by atoms with E-state index >= 15 is 0 Å². The van der Waals surface area contributed by atoms with Crippen LogP contribution in [0.1, 0.15) is 5.56 Å². The number of hydrogen-bond acceptors (Lipinski definition) is 7. The molecule has 4 aromatic rings. The molecule has 164 valence electrons. The maximum Gasteiger partial charge on any atom is 0.203 e. The number of anilines is 1. The first-order chi connectivity index (χ1) is 15.7. The van der Waals surface area contributed by atoms with Crippen molar-refractivity contribution in [3.05, 3.63) is 77.7 Å². The zero-order valence-corrected chi connectivity index (χ0v) is 19.0. The van der Waals surface area contributed by atoms with E-state index in [0.29, 0.717) is 23.8 Å². The molecule has 0 aliphatic rings. The monoisotopic (exact) mass is 447 g/mol. The van der Waals surface area contributed by atoms with E-state index in [0.717, 1.165) is 22.0 Å². The van der Waals surface area contributed by atoms with Crippen molar-refractivity contribution in [2.75, 3.05) is 26.8 Å². The molecule has 6 nitrogen and oxygen atoms in total. The molecule has 7 heteroatoms. The van der Waals surface area contributed by atoms with Crippen LogP contribution in [0.4, 0.5) is 5.13 Å². The van der Waals surface area contributed by atoms with Crippen LogP contribution in [0.25, 0.3) is 22.4 Å². The Kier molecular flexibility index (Phi) is 6.89. The molecule has 0 saturated heterocycles. The van der Waals surface area contributed by atoms with Crippen LogP contribution >= 0.6 is 11.3 Å². The van der Waals surface area contributed by atoms with E-state index in [1.165, 1.54) is 11.1 Å². The predicted octanol–water partition coefficient (Wildman–Crippen LogP) is 5.62. The summed E-state index contributed by atoms with van der Waals surface area (Å²) in [6, 6.07) is 22.6. The van der Waals surface area contributed by atoms with Gasteiger partial charge in [-0.05, 0) is 28.8 Å². The number of rotatable bonds is 9. The molecular formula is C25H25N3O3S. The lowest BCUT2D eigenvalue weighted by Crippen LogP contribution is -2.20. The van der Waals surface area contributed by atoms with Crippen molar-refractivity contribution < 1.29 is 14.2 Å². The van der Waals surface area contributed by atoms with E-state index in [9.17, 15) is 0 Å². The lowest BCUT2D eigenvalue weighted by molar-refractivity contribution is 0.323. The Bertz CT molecular complexity index is 1140. The molecule has 4 rings (SSSR count). The van der Waals surface area contributed by atoms with Gasteiger partial charge in [0.15, 0.2) is 16.6 Å². The second kappa shape index (κ2) is 10.2. The van der Waals surface area contributed by atoms with E-state index in [1.807, 2.05) is 35.7 Å². The van der Waals surface area contributed by atoms with Crippen LogP contribution < -0.4 is 25.1 Å². The quantitative estimate of drug-likeness (QED) is 0.325. The van der Waals surface area contributed by atoms with Crippen LogP contribution in [0.15, 0.2) is 72.1 Å². The summed E-state index contributed by atoms with van der Waals surface area (Å²) >= 11 is 1.55. The fourth-order valence-electron chi connectivity index (χ4n) is 3.39. The van der Waals surface area contributed by atoms with Crippen LogP contribution in [0.5, 0.6) is 17.2 Å². The van der Waals surface area contributed by atoms with E-state index in [-0.39, 0.29) is 0 Å². The zero-order valence-electron chi connectivity index (χ0n) is 18.2. The number of hydrogen-bond donors (Lipinski definition) is 2. The number of hydrazine groups is 1. The lowest BCUT2D eigenvalue weighted by Gasteiger charge is -2.14. The molecule has 0 saturated carbocycles. The van der Waals surface area contributed by atoms with E-state index in [1.54, 1.807) is 32.7 Å². The Morgan fingerprint density at radius 3 is 2.03 bits per heavy atom. The highest BCUT2D eigenvalue weighted by atomic mass is 32.1. The van der Waals surface area contributed by atoms with E-state index in [2.05, 4.69) is 52.2 Å². The summed E-state index contributed by atoms with van der Waals surface area (Å²) in [4.78, 5) is 4.68. The fourth-order valence-corrected chi connectivity index (χ4v) is 4.08. The molecule has 2 N–H and O–H groups in total. The molecule has 1 aromatic heterocycles. The van der Waals surface area contributed by atoms with Gasteiger partial charge >= 0.3 is 0 Å². The molecule has 0 spiro atoms. The van der Waals surface area contributed by atoms with Crippen molar-refractivity contribution in [1.82, 2.24) is 10.4 Å². The summed E-state index contributed by atoms with van der Waals surface area (Å²) in [5, 5.41) is 2.83. The molecule has 32 heavy (non-hydrogen) atoms. The minimum Gasteiger partial charge on any atom is -0.493 e. The van der Waals surface area contributed by atoms with Gasteiger partial charge < -0.3 is 14.2 Å². The second-order valence-electron chi connectivity index (χ2n) is 6.99. The summed E-state index contributed by atoms with van der Waals surface area (Å²) in [6.07, 6.45) is 0. The number of benzene rings is 3. The minimum atomic E-state index is 0.553. The molecular weight excluding hydrogens is 422 g/mol.